The van der Waals surface area contributed by atoms with E-state index in [-0.39, 0.29) is 5.54 Å². The zero-order chi connectivity index (χ0) is 9.19. The maximum atomic E-state index is 6.02. The molecule has 1 aromatic rings. The maximum Gasteiger partial charge on any atom is 0.110 e. The van der Waals surface area contributed by atoms with Gasteiger partial charge in [0.15, 0.2) is 0 Å². The molecule has 3 nitrogen and oxygen atoms in total. The number of nitrogens with zero attached hydrogens (tertiary/aromatic N) is 2. The molecule has 0 spiro atoms. The Kier molecular flexibility index (Phi) is 2.52. The van der Waals surface area contributed by atoms with Crippen LogP contribution >= 0.6 is 0 Å². The molecule has 1 aromatic heterocycles. The molecule has 0 radical (unpaired) electrons. The minimum Gasteiger partial charge on any atom is -0.338 e. The van der Waals surface area contributed by atoms with Crippen molar-refractivity contribution >= 4 is 0 Å². The molecule has 0 aromatic carbocycles. The Bertz CT molecular complexity index is 250. The van der Waals surface area contributed by atoms with E-state index < -0.39 is 0 Å². The molecule has 0 aliphatic carbocycles. The molecule has 0 amide bonds. The van der Waals surface area contributed by atoms with Crippen molar-refractivity contribution in [2.24, 2.45) is 12.8 Å². The lowest BCUT2D eigenvalue weighted by Gasteiger charge is -2.21. The third kappa shape index (κ3) is 2.08. The van der Waals surface area contributed by atoms with E-state index >= 15 is 0 Å². The van der Waals surface area contributed by atoms with Crippen LogP contribution in [0.4, 0.5) is 0 Å². The van der Waals surface area contributed by atoms with E-state index in [0.717, 1.165) is 18.7 Å². The van der Waals surface area contributed by atoms with Crippen molar-refractivity contribution in [1.82, 2.24) is 9.55 Å². The molecule has 1 unspecified atom stereocenters. The summed E-state index contributed by atoms with van der Waals surface area (Å²) in [5.74, 6) is 1.06. The van der Waals surface area contributed by atoms with Crippen molar-refractivity contribution < 1.29 is 0 Å². The Morgan fingerprint density at radius 2 is 2.33 bits per heavy atom. The SMILES string of the molecule is CCC(C)(N)Cc1nccn1C. The number of aromatic nitrogens is 2. The van der Waals surface area contributed by atoms with Crippen LogP contribution in [0.5, 0.6) is 0 Å². The summed E-state index contributed by atoms with van der Waals surface area (Å²) >= 11 is 0. The standard InChI is InChI=1S/C9H17N3/c1-4-9(2,10)7-8-11-5-6-12(8)3/h5-6H,4,7,10H2,1-3H3. The van der Waals surface area contributed by atoms with Gasteiger partial charge < -0.3 is 10.3 Å². The Morgan fingerprint density at radius 1 is 1.67 bits per heavy atom. The van der Waals surface area contributed by atoms with Crippen LogP contribution in [0, 0.1) is 0 Å². The molecule has 1 heterocycles. The van der Waals surface area contributed by atoms with E-state index in [9.17, 15) is 0 Å². The van der Waals surface area contributed by atoms with Crippen molar-refractivity contribution in [1.29, 1.82) is 0 Å². The average molecular weight is 167 g/mol. The van der Waals surface area contributed by atoms with Gasteiger partial charge in [-0.3, -0.25) is 0 Å². The van der Waals surface area contributed by atoms with E-state index in [1.165, 1.54) is 0 Å². The van der Waals surface area contributed by atoms with Crippen molar-refractivity contribution in [3.63, 3.8) is 0 Å². The highest BCUT2D eigenvalue weighted by molar-refractivity contribution is 4.98. The molecule has 0 bridgehead atoms. The zero-order valence-corrected chi connectivity index (χ0v) is 8.04. The first-order valence-corrected chi connectivity index (χ1v) is 4.30. The second kappa shape index (κ2) is 3.27. The highest BCUT2D eigenvalue weighted by Gasteiger charge is 2.18. The average Bonchev–Trinajstić information content (AvgIpc) is 2.36. The van der Waals surface area contributed by atoms with Gasteiger partial charge >= 0.3 is 0 Å². The Balaban J connectivity index is 2.70. The Labute approximate surface area is 73.6 Å². The summed E-state index contributed by atoms with van der Waals surface area (Å²) in [6.45, 7) is 4.16. The number of aryl methyl sites for hydroxylation is 1. The van der Waals surface area contributed by atoms with E-state index in [1.807, 2.05) is 17.8 Å². The van der Waals surface area contributed by atoms with Crippen LogP contribution in [0.25, 0.3) is 0 Å². The molecule has 0 aliphatic heterocycles. The second-order valence-electron chi connectivity index (χ2n) is 3.64. The molecular weight excluding hydrogens is 150 g/mol. The van der Waals surface area contributed by atoms with E-state index in [2.05, 4.69) is 18.8 Å². The van der Waals surface area contributed by atoms with Gasteiger partial charge in [0.05, 0.1) is 0 Å². The Hall–Kier alpha value is -0.830. The molecule has 3 heteroatoms. The second-order valence-corrected chi connectivity index (χ2v) is 3.64. The molecule has 0 saturated heterocycles. The molecule has 0 fully saturated rings. The normalized spacial score (nSPS) is 16.0. The van der Waals surface area contributed by atoms with Crippen LogP contribution < -0.4 is 5.73 Å². The van der Waals surface area contributed by atoms with Crippen molar-refractivity contribution in [2.45, 2.75) is 32.2 Å². The lowest BCUT2D eigenvalue weighted by atomic mass is 9.96. The quantitative estimate of drug-likeness (QED) is 0.732. The van der Waals surface area contributed by atoms with Gasteiger partial charge in [-0.05, 0) is 13.3 Å². The number of nitrogens with two attached hydrogens (primary N) is 1. The first-order chi connectivity index (χ1) is 5.55. The zero-order valence-electron chi connectivity index (χ0n) is 8.04. The van der Waals surface area contributed by atoms with Crippen LogP contribution in [-0.4, -0.2) is 15.1 Å². The van der Waals surface area contributed by atoms with E-state index in [4.69, 9.17) is 5.73 Å². The summed E-state index contributed by atoms with van der Waals surface area (Å²) in [7, 11) is 1.99. The van der Waals surface area contributed by atoms with Gasteiger partial charge in [0.2, 0.25) is 0 Å². The van der Waals surface area contributed by atoms with Crippen LogP contribution in [0.2, 0.25) is 0 Å². The summed E-state index contributed by atoms with van der Waals surface area (Å²) in [5, 5.41) is 0. The van der Waals surface area contributed by atoms with Gasteiger partial charge in [-0.2, -0.15) is 0 Å². The molecule has 12 heavy (non-hydrogen) atoms. The first-order valence-electron chi connectivity index (χ1n) is 4.30. The minimum atomic E-state index is -0.126. The van der Waals surface area contributed by atoms with E-state index in [0.29, 0.717) is 0 Å². The van der Waals surface area contributed by atoms with Crippen LogP contribution in [-0.2, 0) is 13.5 Å². The summed E-state index contributed by atoms with van der Waals surface area (Å²) in [5.41, 5.74) is 5.90. The lowest BCUT2D eigenvalue weighted by Crippen LogP contribution is -2.38. The topological polar surface area (TPSA) is 43.8 Å². The molecule has 68 valence electrons. The van der Waals surface area contributed by atoms with Crippen molar-refractivity contribution in [2.75, 3.05) is 0 Å². The fourth-order valence-corrected chi connectivity index (χ4v) is 1.05. The highest BCUT2D eigenvalue weighted by Crippen LogP contribution is 2.11. The van der Waals surface area contributed by atoms with Crippen LogP contribution in [0.3, 0.4) is 0 Å². The molecular formula is C9H17N3. The smallest absolute Gasteiger partial charge is 0.110 e. The fraction of sp³-hybridized carbons (Fsp3) is 0.667. The summed E-state index contributed by atoms with van der Waals surface area (Å²) < 4.78 is 2.01. The van der Waals surface area contributed by atoms with Gasteiger partial charge in [-0.1, -0.05) is 6.92 Å². The molecule has 0 aliphatic rings. The number of hydrogen-bond acceptors (Lipinski definition) is 2. The van der Waals surface area contributed by atoms with Crippen molar-refractivity contribution in [3.05, 3.63) is 18.2 Å². The molecule has 1 rings (SSSR count). The van der Waals surface area contributed by atoms with Gasteiger partial charge in [0.1, 0.15) is 5.82 Å². The lowest BCUT2D eigenvalue weighted by molar-refractivity contribution is 0.434. The molecule has 2 N–H and O–H groups in total. The minimum absolute atomic E-state index is 0.126. The van der Waals surface area contributed by atoms with Gasteiger partial charge in [0, 0.05) is 31.4 Å². The maximum absolute atomic E-state index is 6.02. The fourth-order valence-electron chi connectivity index (χ4n) is 1.05. The van der Waals surface area contributed by atoms with Crippen molar-refractivity contribution in [3.8, 4) is 0 Å². The number of rotatable bonds is 3. The Morgan fingerprint density at radius 3 is 2.75 bits per heavy atom. The monoisotopic (exact) mass is 167 g/mol. The van der Waals surface area contributed by atoms with Gasteiger partial charge in [0.25, 0.3) is 0 Å². The highest BCUT2D eigenvalue weighted by atomic mass is 15.0. The predicted octanol–water partition coefficient (Wildman–Crippen LogP) is 1.09. The summed E-state index contributed by atoms with van der Waals surface area (Å²) in [4.78, 5) is 4.23. The largest absolute Gasteiger partial charge is 0.338 e. The summed E-state index contributed by atoms with van der Waals surface area (Å²) in [6.07, 6.45) is 5.56. The van der Waals surface area contributed by atoms with Crippen LogP contribution in [0.1, 0.15) is 26.1 Å². The summed E-state index contributed by atoms with van der Waals surface area (Å²) in [6, 6.07) is 0. The van der Waals surface area contributed by atoms with Gasteiger partial charge in [-0.15, -0.1) is 0 Å². The molecule has 1 atom stereocenters. The number of hydrogen-bond donors (Lipinski definition) is 1. The van der Waals surface area contributed by atoms with Gasteiger partial charge in [-0.25, -0.2) is 4.98 Å². The third-order valence-corrected chi connectivity index (χ3v) is 2.29. The third-order valence-electron chi connectivity index (χ3n) is 2.29. The first kappa shape index (κ1) is 9.26. The van der Waals surface area contributed by atoms with Crippen LogP contribution in [0.15, 0.2) is 12.4 Å². The number of imidazole rings is 1. The predicted molar refractivity (Wildman–Crippen MR) is 49.8 cm³/mol. The van der Waals surface area contributed by atoms with E-state index in [1.54, 1.807) is 6.20 Å². The molecule has 0 saturated carbocycles.